The molecule has 0 aliphatic heterocycles. The Bertz CT molecular complexity index is 622. The highest BCUT2D eigenvalue weighted by Crippen LogP contribution is 2.27. The Morgan fingerprint density at radius 3 is 2.62 bits per heavy atom. The van der Waals surface area contributed by atoms with E-state index in [0.29, 0.717) is 6.42 Å². The number of hydrogen-bond donors (Lipinski definition) is 1. The summed E-state index contributed by atoms with van der Waals surface area (Å²) in [5.41, 5.74) is -0.462. The van der Waals surface area contributed by atoms with Gasteiger partial charge in [0.05, 0.1) is 12.0 Å². The van der Waals surface area contributed by atoms with E-state index in [-0.39, 0.29) is 11.7 Å². The average Bonchev–Trinajstić information content (AvgIpc) is 2.56. The molecule has 0 fully saturated rings. The molecule has 0 saturated heterocycles. The molecule has 132 valence electrons. The molecule has 8 nitrogen and oxygen atoms in total. The Morgan fingerprint density at radius 2 is 2.08 bits per heavy atom. The molecule has 2 atom stereocenters. The lowest BCUT2D eigenvalue weighted by molar-refractivity contribution is -0.385. The Balaban J connectivity index is 2.77. The Labute approximate surface area is 138 Å². The van der Waals surface area contributed by atoms with E-state index in [9.17, 15) is 24.1 Å². The van der Waals surface area contributed by atoms with Crippen molar-refractivity contribution in [3.8, 4) is 5.75 Å². The maximum Gasteiger partial charge on any atom is 0.328 e. The van der Waals surface area contributed by atoms with E-state index in [2.05, 4.69) is 10.1 Å². The number of hydrogen-bond acceptors (Lipinski definition) is 6. The highest BCUT2D eigenvalue weighted by Gasteiger charge is 2.27. The van der Waals surface area contributed by atoms with Gasteiger partial charge < -0.3 is 14.8 Å². The molecule has 9 heteroatoms. The number of rotatable bonds is 8. The summed E-state index contributed by atoms with van der Waals surface area (Å²) in [6.07, 6.45) is 0.621. The van der Waals surface area contributed by atoms with Gasteiger partial charge in [0, 0.05) is 12.1 Å². The molecule has 1 amide bonds. The first kappa shape index (κ1) is 19.3. The number of nitro groups is 1. The quantitative estimate of drug-likeness (QED) is 0.438. The van der Waals surface area contributed by atoms with E-state index in [1.165, 1.54) is 7.11 Å². The lowest BCUT2D eigenvalue weighted by Crippen LogP contribution is -2.47. The second-order valence-electron chi connectivity index (χ2n) is 5.11. The van der Waals surface area contributed by atoms with Gasteiger partial charge in [0.1, 0.15) is 11.9 Å². The van der Waals surface area contributed by atoms with Gasteiger partial charge in [-0.3, -0.25) is 14.9 Å². The summed E-state index contributed by atoms with van der Waals surface area (Å²) in [6.45, 7) is 3.01. The largest absolute Gasteiger partial charge is 0.477 e. The molecule has 0 saturated carbocycles. The van der Waals surface area contributed by atoms with Crippen LogP contribution in [-0.4, -0.2) is 36.6 Å². The summed E-state index contributed by atoms with van der Waals surface area (Å²) in [4.78, 5) is 33.7. The highest BCUT2D eigenvalue weighted by molar-refractivity contribution is 5.85. The van der Waals surface area contributed by atoms with Gasteiger partial charge in [0.15, 0.2) is 6.61 Å². The monoisotopic (exact) mass is 342 g/mol. The number of ether oxygens (including phenoxy) is 2. The van der Waals surface area contributed by atoms with Crippen molar-refractivity contribution in [3.63, 3.8) is 0 Å². The third-order valence-electron chi connectivity index (χ3n) is 3.46. The summed E-state index contributed by atoms with van der Waals surface area (Å²) in [7, 11) is 1.20. The third-order valence-corrected chi connectivity index (χ3v) is 3.46. The molecule has 1 aromatic carbocycles. The van der Waals surface area contributed by atoms with Gasteiger partial charge in [-0.25, -0.2) is 9.18 Å². The molecular weight excluding hydrogens is 323 g/mol. The fourth-order valence-corrected chi connectivity index (χ4v) is 1.91. The minimum absolute atomic E-state index is 0.176. The molecule has 0 radical (unpaired) electrons. The van der Waals surface area contributed by atoms with Crippen molar-refractivity contribution in [1.29, 1.82) is 0 Å². The molecule has 0 spiro atoms. The van der Waals surface area contributed by atoms with Crippen LogP contribution in [0, 0.1) is 21.8 Å². The second kappa shape index (κ2) is 8.80. The van der Waals surface area contributed by atoms with E-state index >= 15 is 0 Å². The number of nitro benzene ring substituents is 1. The van der Waals surface area contributed by atoms with Crippen molar-refractivity contribution in [3.05, 3.63) is 34.1 Å². The predicted molar refractivity (Wildman–Crippen MR) is 82.0 cm³/mol. The van der Waals surface area contributed by atoms with Crippen LogP contribution >= 0.6 is 0 Å². The number of carbonyl (C=O) groups is 2. The van der Waals surface area contributed by atoms with Gasteiger partial charge in [-0.1, -0.05) is 20.3 Å². The van der Waals surface area contributed by atoms with E-state index in [4.69, 9.17) is 4.74 Å². The number of nitrogens with zero attached hydrogens (tertiary/aromatic N) is 1. The lowest BCUT2D eigenvalue weighted by Gasteiger charge is -2.21. The topological polar surface area (TPSA) is 108 Å². The smallest absolute Gasteiger partial charge is 0.328 e. The fourth-order valence-electron chi connectivity index (χ4n) is 1.91. The summed E-state index contributed by atoms with van der Waals surface area (Å²) in [5, 5.41) is 13.3. The minimum Gasteiger partial charge on any atom is -0.477 e. The number of carbonyl (C=O) groups excluding carboxylic acids is 2. The standard InChI is InChI=1S/C15H19FN2O6/c1-4-9(2)14(15(20)23-3)17-13(19)8-24-12-7-10(16)5-6-11(12)18(21)22/h5-7,9,14H,4,8H2,1-3H3,(H,17,19). The number of nitrogens with one attached hydrogen (secondary N) is 1. The van der Waals surface area contributed by atoms with Crippen molar-refractivity contribution in [2.24, 2.45) is 5.92 Å². The van der Waals surface area contributed by atoms with Crippen LogP contribution in [0.15, 0.2) is 18.2 Å². The van der Waals surface area contributed by atoms with Crippen LogP contribution in [0.3, 0.4) is 0 Å². The molecule has 0 heterocycles. The number of methoxy groups -OCH3 is 1. The number of halogens is 1. The van der Waals surface area contributed by atoms with Crippen molar-refractivity contribution in [1.82, 2.24) is 5.32 Å². The zero-order chi connectivity index (χ0) is 18.3. The van der Waals surface area contributed by atoms with Crippen LogP contribution in [-0.2, 0) is 14.3 Å². The van der Waals surface area contributed by atoms with Crippen LogP contribution in [0.1, 0.15) is 20.3 Å². The van der Waals surface area contributed by atoms with Crippen LogP contribution in [0.2, 0.25) is 0 Å². The Hall–Kier alpha value is -2.71. The van der Waals surface area contributed by atoms with Gasteiger partial charge >= 0.3 is 11.7 Å². The summed E-state index contributed by atoms with van der Waals surface area (Å²) >= 11 is 0. The molecule has 0 aromatic heterocycles. The fraction of sp³-hybridized carbons (Fsp3) is 0.467. The zero-order valence-electron chi connectivity index (χ0n) is 13.6. The number of esters is 1. The predicted octanol–water partition coefficient (Wildman–Crippen LogP) is 1.82. The summed E-state index contributed by atoms with van der Waals surface area (Å²) in [6, 6.07) is 1.82. The van der Waals surface area contributed by atoms with E-state index < -0.39 is 41.0 Å². The van der Waals surface area contributed by atoms with Gasteiger partial charge in [-0.2, -0.15) is 0 Å². The molecule has 2 unspecified atom stereocenters. The SMILES string of the molecule is CCC(C)C(NC(=O)COc1cc(F)ccc1[N+](=O)[O-])C(=O)OC. The normalized spacial score (nSPS) is 12.8. The molecule has 0 aliphatic carbocycles. The van der Waals surface area contributed by atoms with E-state index in [1.54, 1.807) is 6.92 Å². The average molecular weight is 342 g/mol. The first-order valence-corrected chi connectivity index (χ1v) is 7.24. The second-order valence-corrected chi connectivity index (χ2v) is 5.11. The van der Waals surface area contributed by atoms with E-state index in [1.807, 2.05) is 6.92 Å². The first-order chi connectivity index (χ1) is 11.3. The molecule has 0 bridgehead atoms. The maximum absolute atomic E-state index is 13.2. The molecule has 24 heavy (non-hydrogen) atoms. The highest BCUT2D eigenvalue weighted by atomic mass is 19.1. The van der Waals surface area contributed by atoms with Crippen LogP contribution in [0.25, 0.3) is 0 Å². The minimum atomic E-state index is -0.862. The van der Waals surface area contributed by atoms with E-state index in [0.717, 1.165) is 18.2 Å². The molecule has 0 aliphatic rings. The van der Waals surface area contributed by atoms with Gasteiger partial charge in [-0.05, 0) is 12.0 Å². The zero-order valence-corrected chi connectivity index (χ0v) is 13.6. The maximum atomic E-state index is 13.2. The lowest BCUT2D eigenvalue weighted by atomic mass is 9.99. The van der Waals surface area contributed by atoms with Gasteiger partial charge in [-0.15, -0.1) is 0 Å². The summed E-state index contributed by atoms with van der Waals surface area (Å²) in [5.74, 6) is -2.56. The first-order valence-electron chi connectivity index (χ1n) is 7.24. The Kier molecular flexibility index (Phi) is 7.09. The van der Waals surface area contributed by atoms with Crippen LogP contribution in [0.5, 0.6) is 5.75 Å². The van der Waals surface area contributed by atoms with Crippen molar-refractivity contribution >= 4 is 17.6 Å². The van der Waals surface area contributed by atoms with Crippen LogP contribution < -0.4 is 10.1 Å². The number of amides is 1. The number of benzene rings is 1. The summed E-state index contributed by atoms with van der Waals surface area (Å²) < 4.78 is 22.8. The van der Waals surface area contributed by atoms with Gasteiger partial charge in [0.2, 0.25) is 5.75 Å². The van der Waals surface area contributed by atoms with Crippen molar-refractivity contribution in [2.75, 3.05) is 13.7 Å². The van der Waals surface area contributed by atoms with Crippen LogP contribution in [0.4, 0.5) is 10.1 Å². The van der Waals surface area contributed by atoms with Crippen molar-refractivity contribution < 1.29 is 28.4 Å². The van der Waals surface area contributed by atoms with Gasteiger partial charge in [0.25, 0.3) is 5.91 Å². The Morgan fingerprint density at radius 1 is 1.42 bits per heavy atom. The molecule has 1 N–H and O–H groups in total. The molecule has 1 aromatic rings. The molecular formula is C15H19FN2O6. The van der Waals surface area contributed by atoms with Crippen molar-refractivity contribution in [2.45, 2.75) is 26.3 Å². The molecule has 1 rings (SSSR count). The third kappa shape index (κ3) is 5.18.